The van der Waals surface area contributed by atoms with Crippen LogP contribution in [0.3, 0.4) is 0 Å². The molecule has 1 fully saturated rings. The number of ketones is 1. The van der Waals surface area contributed by atoms with E-state index in [9.17, 15) is 4.79 Å². The largest absolute Gasteiger partial charge is 0.309 e. The fraction of sp³-hybridized carbons (Fsp3) is 0.917. The van der Waals surface area contributed by atoms with Gasteiger partial charge in [0.05, 0.1) is 0 Å². The number of carbonyl (C=O) groups excluding carboxylic acids is 1. The Morgan fingerprint density at radius 2 is 1.33 bits per heavy atom. The zero-order valence-electron chi connectivity index (χ0n) is 9.79. The third-order valence-electron chi connectivity index (χ3n) is 2.84. The van der Waals surface area contributed by atoms with E-state index in [-0.39, 0.29) is 19.3 Å². The third-order valence-corrected chi connectivity index (χ3v) is 2.84. The van der Waals surface area contributed by atoms with Gasteiger partial charge in [0.25, 0.3) is 0 Å². The number of rotatable bonds is 4. The molecule has 3 heteroatoms. The average Bonchev–Trinajstić information content (AvgIpc) is 2.34. The normalized spacial score (nSPS) is 26.1. The third kappa shape index (κ3) is 4.31. The monoisotopic (exact) mass is 214 g/mol. The van der Waals surface area contributed by atoms with E-state index in [1.165, 1.54) is 0 Å². The maximum atomic E-state index is 11.9. The Kier molecular flexibility index (Phi) is 6.06. The smallest absolute Gasteiger partial charge is 0.141 e. The quantitative estimate of drug-likeness (QED) is 0.705. The molecule has 2 atom stereocenters. The minimum Gasteiger partial charge on any atom is -0.309 e. The van der Waals surface area contributed by atoms with Crippen LogP contribution < -0.4 is 0 Å². The molecule has 0 amide bonds. The molecule has 0 spiro atoms. The van der Waals surface area contributed by atoms with Crippen molar-refractivity contribution < 1.29 is 4.79 Å². The summed E-state index contributed by atoms with van der Waals surface area (Å²) in [6.07, 6.45) is 2.16. The van der Waals surface area contributed by atoms with Crippen molar-refractivity contribution in [2.24, 2.45) is 11.8 Å². The first-order valence-electron chi connectivity index (χ1n) is 5.34. The van der Waals surface area contributed by atoms with Gasteiger partial charge in [-0.1, -0.05) is 7.43 Å². The summed E-state index contributed by atoms with van der Waals surface area (Å²) in [5.41, 5.74) is 0. The molecule has 0 heterocycles. The lowest BCUT2D eigenvalue weighted by Crippen LogP contribution is -2.30. The van der Waals surface area contributed by atoms with Crippen LogP contribution in [0, 0.1) is 11.8 Å². The molecule has 90 valence electrons. The molecule has 1 rings (SSSR count). The van der Waals surface area contributed by atoms with Crippen molar-refractivity contribution in [1.82, 2.24) is 9.80 Å². The summed E-state index contributed by atoms with van der Waals surface area (Å²) in [5, 5.41) is 0. The number of carbonyl (C=O) groups is 1. The van der Waals surface area contributed by atoms with Crippen molar-refractivity contribution in [2.75, 3.05) is 41.3 Å². The summed E-state index contributed by atoms with van der Waals surface area (Å²) < 4.78 is 0. The van der Waals surface area contributed by atoms with Gasteiger partial charge in [0.1, 0.15) is 5.78 Å². The number of nitrogens with zero attached hydrogens (tertiary/aromatic N) is 2. The van der Waals surface area contributed by atoms with Crippen LogP contribution in [0.1, 0.15) is 20.3 Å². The van der Waals surface area contributed by atoms with Gasteiger partial charge in [-0.3, -0.25) is 4.79 Å². The molecular weight excluding hydrogens is 188 g/mol. The molecule has 0 aliphatic heterocycles. The van der Waals surface area contributed by atoms with Gasteiger partial charge in [-0.2, -0.15) is 0 Å². The van der Waals surface area contributed by atoms with Crippen molar-refractivity contribution in [3.63, 3.8) is 0 Å². The van der Waals surface area contributed by atoms with E-state index in [0.717, 1.165) is 25.9 Å². The molecule has 0 saturated heterocycles. The van der Waals surface area contributed by atoms with Crippen LogP contribution in [0.5, 0.6) is 0 Å². The lowest BCUT2D eigenvalue weighted by Gasteiger charge is -2.17. The minimum atomic E-state index is 0. The summed E-state index contributed by atoms with van der Waals surface area (Å²) in [6, 6.07) is 0. The highest BCUT2D eigenvalue weighted by Gasteiger charge is 2.34. The average molecular weight is 214 g/mol. The first-order chi connectivity index (χ1) is 6.50. The second-order valence-electron chi connectivity index (χ2n) is 4.90. The van der Waals surface area contributed by atoms with Gasteiger partial charge in [-0.05, 0) is 41.0 Å². The Balaban J connectivity index is 0.00000196. The number of Topliss-reactive ketones (excluding diaryl/α,β-unsaturated/α-hetero) is 1. The van der Waals surface area contributed by atoms with Crippen LogP contribution in [-0.4, -0.2) is 56.9 Å². The van der Waals surface area contributed by atoms with Gasteiger partial charge < -0.3 is 9.80 Å². The van der Waals surface area contributed by atoms with Gasteiger partial charge >= 0.3 is 0 Å². The van der Waals surface area contributed by atoms with E-state index in [1.54, 1.807) is 0 Å². The SMILES string of the molecule is C.CN(C)CC1CCC(CN(C)C)C1=O. The minimum absolute atomic E-state index is 0. The van der Waals surface area contributed by atoms with E-state index in [1.807, 2.05) is 28.2 Å². The van der Waals surface area contributed by atoms with Crippen LogP contribution in [0.15, 0.2) is 0 Å². The van der Waals surface area contributed by atoms with Crippen LogP contribution >= 0.6 is 0 Å². The van der Waals surface area contributed by atoms with Crippen molar-refractivity contribution >= 4 is 5.78 Å². The van der Waals surface area contributed by atoms with Crippen LogP contribution in [0.25, 0.3) is 0 Å². The molecule has 0 aromatic rings. The second kappa shape index (κ2) is 6.23. The van der Waals surface area contributed by atoms with Crippen LogP contribution in [0.4, 0.5) is 0 Å². The van der Waals surface area contributed by atoms with Crippen molar-refractivity contribution in [2.45, 2.75) is 20.3 Å². The standard InChI is InChI=1S/C11H22N2O.CH4/c1-12(2)7-9-5-6-10(11(9)14)8-13(3)4;/h9-10H,5-8H2,1-4H3;1H4. The van der Waals surface area contributed by atoms with Gasteiger partial charge in [-0.15, -0.1) is 0 Å². The Hall–Kier alpha value is -0.410. The van der Waals surface area contributed by atoms with E-state index in [2.05, 4.69) is 9.80 Å². The summed E-state index contributed by atoms with van der Waals surface area (Å²) >= 11 is 0. The van der Waals surface area contributed by atoms with Crippen LogP contribution in [-0.2, 0) is 4.79 Å². The first-order valence-corrected chi connectivity index (χ1v) is 5.34. The number of hydrogen-bond donors (Lipinski definition) is 0. The molecule has 15 heavy (non-hydrogen) atoms. The van der Waals surface area contributed by atoms with Gasteiger partial charge in [0.15, 0.2) is 0 Å². The Morgan fingerprint density at radius 1 is 1.00 bits per heavy atom. The highest BCUT2D eigenvalue weighted by atomic mass is 16.1. The van der Waals surface area contributed by atoms with Gasteiger partial charge in [0.2, 0.25) is 0 Å². The molecular formula is C12H26N2O. The summed E-state index contributed by atoms with van der Waals surface area (Å²) in [4.78, 5) is 16.1. The fourth-order valence-electron chi connectivity index (χ4n) is 2.26. The summed E-state index contributed by atoms with van der Waals surface area (Å²) in [7, 11) is 8.14. The van der Waals surface area contributed by atoms with Crippen molar-refractivity contribution in [1.29, 1.82) is 0 Å². The zero-order chi connectivity index (χ0) is 10.7. The Morgan fingerprint density at radius 3 is 1.60 bits per heavy atom. The predicted molar refractivity (Wildman–Crippen MR) is 65.1 cm³/mol. The summed E-state index contributed by atoms with van der Waals surface area (Å²) in [5.74, 6) is 1.05. The Bertz CT molecular complexity index is 182. The van der Waals surface area contributed by atoms with Crippen molar-refractivity contribution in [3.8, 4) is 0 Å². The second-order valence-corrected chi connectivity index (χ2v) is 4.90. The van der Waals surface area contributed by atoms with Crippen molar-refractivity contribution in [3.05, 3.63) is 0 Å². The molecule has 3 nitrogen and oxygen atoms in total. The molecule has 0 bridgehead atoms. The van der Waals surface area contributed by atoms with E-state index in [4.69, 9.17) is 0 Å². The van der Waals surface area contributed by atoms with E-state index >= 15 is 0 Å². The molecule has 0 N–H and O–H groups in total. The summed E-state index contributed by atoms with van der Waals surface area (Å²) in [6.45, 7) is 1.84. The molecule has 0 aromatic carbocycles. The van der Waals surface area contributed by atoms with Gasteiger partial charge in [0, 0.05) is 24.9 Å². The lowest BCUT2D eigenvalue weighted by molar-refractivity contribution is -0.124. The lowest BCUT2D eigenvalue weighted by atomic mass is 10.0. The molecule has 0 aromatic heterocycles. The zero-order valence-corrected chi connectivity index (χ0v) is 9.79. The first kappa shape index (κ1) is 14.6. The highest BCUT2D eigenvalue weighted by Crippen LogP contribution is 2.27. The fourth-order valence-corrected chi connectivity index (χ4v) is 2.26. The molecule has 1 aliphatic carbocycles. The highest BCUT2D eigenvalue weighted by molar-refractivity contribution is 5.85. The molecule has 1 saturated carbocycles. The maximum Gasteiger partial charge on any atom is 0.141 e. The number of hydrogen-bond acceptors (Lipinski definition) is 3. The van der Waals surface area contributed by atoms with E-state index in [0.29, 0.717) is 5.78 Å². The predicted octanol–water partition coefficient (Wildman–Crippen LogP) is 1.34. The molecule has 0 radical (unpaired) electrons. The Labute approximate surface area is 94.4 Å². The molecule has 1 aliphatic rings. The molecule has 2 unspecified atom stereocenters. The maximum absolute atomic E-state index is 11.9. The van der Waals surface area contributed by atoms with E-state index < -0.39 is 0 Å². The van der Waals surface area contributed by atoms with Crippen LogP contribution in [0.2, 0.25) is 0 Å². The van der Waals surface area contributed by atoms with Gasteiger partial charge in [-0.25, -0.2) is 0 Å². The topological polar surface area (TPSA) is 23.6 Å².